The van der Waals surface area contributed by atoms with Crippen LogP contribution in [0.25, 0.3) is 34.3 Å². The van der Waals surface area contributed by atoms with E-state index in [1.807, 2.05) is 0 Å². The summed E-state index contributed by atoms with van der Waals surface area (Å²) in [5.41, 5.74) is 8.18. The Morgan fingerprint density at radius 2 is 1.81 bits per heavy atom. The third-order valence-electron chi connectivity index (χ3n) is 5.55. The Bertz CT molecular complexity index is 1470. The van der Waals surface area contributed by atoms with Gasteiger partial charge in [0.15, 0.2) is 21.3 Å². The largest absolute Gasteiger partial charge is 0.414 e. The Labute approximate surface area is 208 Å². The molecule has 0 spiro atoms. The second-order valence-corrected chi connectivity index (χ2v) is 11.0. The summed E-state index contributed by atoms with van der Waals surface area (Å²) in [4.78, 5) is 8.88. The SMILES string of the molecule is CCCNCc1ccc(-c2nnc(-c3nc(-c4ccc(S(=O)(=O)C(C)C)cc4)cnc3N)o2)c(F)c1. The topological polar surface area (TPSA) is 137 Å². The molecule has 0 saturated heterocycles. The molecule has 36 heavy (non-hydrogen) atoms. The second-order valence-electron chi connectivity index (χ2n) is 8.51. The molecule has 0 fully saturated rings. The predicted octanol–water partition coefficient (Wildman–Crippen LogP) is 4.26. The maximum absolute atomic E-state index is 14.7. The fourth-order valence-corrected chi connectivity index (χ4v) is 4.52. The average Bonchev–Trinajstić information content (AvgIpc) is 3.34. The number of aromatic nitrogens is 4. The van der Waals surface area contributed by atoms with Gasteiger partial charge in [-0.1, -0.05) is 25.1 Å². The summed E-state index contributed by atoms with van der Waals surface area (Å²) in [6.45, 7) is 6.73. The Morgan fingerprint density at radius 1 is 1.08 bits per heavy atom. The van der Waals surface area contributed by atoms with Crippen LogP contribution in [0.2, 0.25) is 0 Å². The molecule has 2 heterocycles. The minimum absolute atomic E-state index is 0.00887. The van der Waals surface area contributed by atoms with Crippen molar-refractivity contribution in [3.63, 3.8) is 0 Å². The zero-order valence-electron chi connectivity index (χ0n) is 20.2. The molecule has 4 rings (SSSR count). The highest BCUT2D eigenvalue weighted by Gasteiger charge is 2.21. The van der Waals surface area contributed by atoms with Crippen molar-refractivity contribution in [2.24, 2.45) is 0 Å². The van der Waals surface area contributed by atoms with Crippen LogP contribution in [0.4, 0.5) is 10.2 Å². The molecule has 2 aromatic heterocycles. The fraction of sp³-hybridized carbons (Fsp3) is 0.280. The summed E-state index contributed by atoms with van der Waals surface area (Å²) >= 11 is 0. The van der Waals surface area contributed by atoms with Crippen LogP contribution in [-0.2, 0) is 16.4 Å². The van der Waals surface area contributed by atoms with Crippen LogP contribution in [0.15, 0.2) is 58.0 Å². The Hall–Kier alpha value is -3.70. The number of benzene rings is 2. The first-order chi connectivity index (χ1) is 17.2. The van der Waals surface area contributed by atoms with Gasteiger partial charge in [0.05, 0.1) is 27.6 Å². The van der Waals surface area contributed by atoms with E-state index in [2.05, 4.69) is 32.4 Å². The van der Waals surface area contributed by atoms with Crippen molar-refractivity contribution in [2.75, 3.05) is 12.3 Å². The van der Waals surface area contributed by atoms with Crippen molar-refractivity contribution < 1.29 is 17.2 Å². The van der Waals surface area contributed by atoms with Crippen LogP contribution in [0.1, 0.15) is 32.8 Å². The van der Waals surface area contributed by atoms with E-state index in [1.54, 1.807) is 38.1 Å². The zero-order chi connectivity index (χ0) is 25.9. The van der Waals surface area contributed by atoms with E-state index < -0.39 is 20.9 Å². The van der Waals surface area contributed by atoms with Crippen LogP contribution < -0.4 is 11.1 Å². The first-order valence-corrected chi connectivity index (χ1v) is 13.1. The molecule has 0 aliphatic carbocycles. The summed E-state index contributed by atoms with van der Waals surface area (Å²) in [6, 6.07) is 11.2. The van der Waals surface area contributed by atoms with Crippen molar-refractivity contribution >= 4 is 15.7 Å². The van der Waals surface area contributed by atoms with Crippen molar-refractivity contribution in [1.29, 1.82) is 0 Å². The number of nitrogen functional groups attached to an aromatic ring is 1. The molecule has 188 valence electrons. The zero-order valence-corrected chi connectivity index (χ0v) is 21.0. The van der Waals surface area contributed by atoms with Gasteiger partial charge >= 0.3 is 0 Å². The fourth-order valence-electron chi connectivity index (χ4n) is 3.46. The standard InChI is InChI=1S/C25H27FN6O3S/c1-4-11-28-13-16-5-10-19(20(26)12-16)24-31-32-25(35-24)22-23(27)29-14-21(30-22)17-6-8-18(9-7-17)36(33,34)15(2)3/h5-10,12,14-15,28H,4,11,13H2,1-3H3,(H2,27,29). The van der Waals surface area contributed by atoms with Crippen LogP contribution in [-0.4, -0.2) is 40.4 Å². The van der Waals surface area contributed by atoms with Gasteiger partial charge in [-0.2, -0.15) is 0 Å². The lowest BCUT2D eigenvalue weighted by Gasteiger charge is -2.09. The lowest BCUT2D eigenvalue weighted by molar-refractivity contribution is 0.567. The van der Waals surface area contributed by atoms with Crippen molar-refractivity contribution in [2.45, 2.75) is 43.9 Å². The van der Waals surface area contributed by atoms with Crippen LogP contribution in [0.3, 0.4) is 0 Å². The average molecular weight is 511 g/mol. The Morgan fingerprint density at radius 3 is 2.47 bits per heavy atom. The van der Waals surface area contributed by atoms with Crippen LogP contribution >= 0.6 is 0 Å². The smallest absolute Gasteiger partial charge is 0.270 e. The first-order valence-electron chi connectivity index (χ1n) is 11.5. The number of halogens is 1. The molecule has 11 heteroatoms. The molecule has 0 unspecified atom stereocenters. The third kappa shape index (κ3) is 5.26. The van der Waals surface area contributed by atoms with Crippen molar-refractivity contribution in [1.82, 2.24) is 25.5 Å². The lowest BCUT2D eigenvalue weighted by Crippen LogP contribution is -2.13. The highest BCUT2D eigenvalue weighted by atomic mass is 32.2. The molecule has 0 atom stereocenters. The number of nitrogens with zero attached hydrogens (tertiary/aromatic N) is 4. The van der Waals surface area contributed by atoms with Gasteiger partial charge in [-0.05, 0) is 56.6 Å². The molecule has 0 amide bonds. The lowest BCUT2D eigenvalue weighted by atomic mass is 10.1. The minimum Gasteiger partial charge on any atom is -0.414 e. The molecule has 0 aliphatic heterocycles. The Balaban J connectivity index is 1.60. The number of hydrogen-bond acceptors (Lipinski definition) is 9. The van der Waals surface area contributed by atoms with Crippen molar-refractivity contribution in [3.8, 4) is 34.3 Å². The molecule has 0 saturated carbocycles. The maximum Gasteiger partial charge on any atom is 0.270 e. The third-order valence-corrected chi connectivity index (χ3v) is 7.72. The predicted molar refractivity (Wildman–Crippen MR) is 135 cm³/mol. The monoisotopic (exact) mass is 510 g/mol. The van der Waals surface area contributed by atoms with Crippen LogP contribution in [0, 0.1) is 5.82 Å². The minimum atomic E-state index is -3.39. The summed E-state index contributed by atoms with van der Waals surface area (Å²) < 4.78 is 45.2. The molecular weight excluding hydrogens is 483 g/mol. The number of hydrogen-bond donors (Lipinski definition) is 2. The van der Waals surface area contributed by atoms with Gasteiger partial charge in [0.2, 0.25) is 0 Å². The van der Waals surface area contributed by atoms with Crippen LogP contribution in [0.5, 0.6) is 0 Å². The quantitative estimate of drug-likeness (QED) is 0.316. The Kier molecular flexibility index (Phi) is 7.41. The summed E-state index contributed by atoms with van der Waals surface area (Å²) in [5, 5.41) is 10.7. The van der Waals surface area contributed by atoms with E-state index in [-0.39, 0.29) is 33.8 Å². The van der Waals surface area contributed by atoms with E-state index in [4.69, 9.17) is 10.2 Å². The number of anilines is 1. The van der Waals surface area contributed by atoms with E-state index in [0.29, 0.717) is 17.8 Å². The molecule has 9 nitrogen and oxygen atoms in total. The molecule has 3 N–H and O–H groups in total. The molecule has 0 bridgehead atoms. The molecule has 0 radical (unpaired) electrons. The van der Waals surface area contributed by atoms with Gasteiger partial charge in [-0.25, -0.2) is 22.8 Å². The highest BCUT2D eigenvalue weighted by molar-refractivity contribution is 7.92. The maximum atomic E-state index is 14.7. The molecule has 2 aromatic carbocycles. The van der Waals surface area contributed by atoms with Gasteiger partial charge in [-0.15, -0.1) is 10.2 Å². The second kappa shape index (κ2) is 10.5. The molecule has 0 aliphatic rings. The number of rotatable bonds is 9. The summed E-state index contributed by atoms with van der Waals surface area (Å²) in [7, 11) is -3.39. The molecule has 4 aromatic rings. The van der Waals surface area contributed by atoms with E-state index in [1.165, 1.54) is 24.4 Å². The van der Waals surface area contributed by atoms with Gasteiger partial charge in [0.1, 0.15) is 5.82 Å². The highest BCUT2D eigenvalue weighted by Crippen LogP contribution is 2.30. The normalized spacial score (nSPS) is 11.8. The van der Waals surface area contributed by atoms with E-state index in [0.717, 1.165) is 18.5 Å². The van der Waals surface area contributed by atoms with Gasteiger partial charge in [0.25, 0.3) is 11.8 Å². The number of sulfone groups is 1. The molecular formula is C25H27FN6O3S. The number of nitrogens with two attached hydrogens (primary N) is 1. The van der Waals surface area contributed by atoms with E-state index >= 15 is 0 Å². The number of nitrogens with one attached hydrogen (secondary N) is 1. The summed E-state index contributed by atoms with van der Waals surface area (Å²) in [5.74, 6) is -0.439. The van der Waals surface area contributed by atoms with Gasteiger partial charge < -0.3 is 15.5 Å². The van der Waals surface area contributed by atoms with Gasteiger partial charge in [-0.3, -0.25) is 0 Å². The first kappa shape index (κ1) is 25.4. The summed E-state index contributed by atoms with van der Waals surface area (Å²) in [6.07, 6.45) is 2.46. The van der Waals surface area contributed by atoms with Crippen molar-refractivity contribution in [3.05, 3.63) is 60.0 Å². The van der Waals surface area contributed by atoms with E-state index in [9.17, 15) is 12.8 Å². The van der Waals surface area contributed by atoms with Gasteiger partial charge in [0, 0.05) is 12.1 Å².